The molecule has 0 spiro atoms. The molecule has 5 nitrogen and oxygen atoms in total. The second kappa shape index (κ2) is 7.40. The highest BCUT2D eigenvalue weighted by Gasteiger charge is 2.31. The van der Waals surface area contributed by atoms with Crippen molar-refractivity contribution >= 4 is 31.7 Å². The van der Waals surface area contributed by atoms with Crippen molar-refractivity contribution in [1.29, 1.82) is 0 Å². The lowest BCUT2D eigenvalue weighted by atomic mass is 10.0. The van der Waals surface area contributed by atoms with Crippen LogP contribution in [-0.4, -0.2) is 26.2 Å². The molecule has 0 fully saturated rings. The molecule has 1 aliphatic rings. The normalized spacial score (nSPS) is 19.3. The zero-order chi connectivity index (χ0) is 18.9. The maximum atomic E-state index is 12.6. The van der Waals surface area contributed by atoms with Crippen LogP contribution in [-0.2, 0) is 14.6 Å². The van der Waals surface area contributed by atoms with Gasteiger partial charge in [-0.05, 0) is 65.5 Å². The van der Waals surface area contributed by atoms with Gasteiger partial charge in [-0.15, -0.1) is 0 Å². The summed E-state index contributed by atoms with van der Waals surface area (Å²) in [6.45, 7) is 3.65. The molecule has 2 atom stereocenters. The fourth-order valence-electron chi connectivity index (χ4n) is 2.97. The van der Waals surface area contributed by atoms with E-state index in [4.69, 9.17) is 4.74 Å². The molecule has 1 aliphatic heterocycles. The zero-order valence-corrected chi connectivity index (χ0v) is 16.9. The Kier molecular flexibility index (Phi) is 5.39. The van der Waals surface area contributed by atoms with Crippen LogP contribution < -0.4 is 10.1 Å². The van der Waals surface area contributed by atoms with Gasteiger partial charge in [0.1, 0.15) is 5.75 Å². The van der Waals surface area contributed by atoms with Gasteiger partial charge in [0, 0.05) is 0 Å². The molecule has 0 radical (unpaired) electrons. The number of amides is 1. The fourth-order valence-corrected chi connectivity index (χ4v) is 5.18. The highest BCUT2D eigenvalue weighted by atomic mass is 79.9. The second-order valence-corrected chi connectivity index (χ2v) is 9.33. The highest BCUT2D eigenvalue weighted by Crippen LogP contribution is 2.32. The Morgan fingerprint density at radius 3 is 2.73 bits per heavy atom. The molecule has 0 aromatic heterocycles. The van der Waals surface area contributed by atoms with Crippen LogP contribution in [0.25, 0.3) is 0 Å². The first-order valence-corrected chi connectivity index (χ1v) is 10.8. The molecular weight excluding hydrogens is 418 g/mol. The monoisotopic (exact) mass is 437 g/mol. The van der Waals surface area contributed by atoms with Crippen molar-refractivity contribution in [3.8, 4) is 5.75 Å². The van der Waals surface area contributed by atoms with Gasteiger partial charge in [0.25, 0.3) is 5.91 Å². The number of carbonyl (C=O) groups is 1. The summed E-state index contributed by atoms with van der Waals surface area (Å²) < 4.78 is 30.9. The van der Waals surface area contributed by atoms with Crippen molar-refractivity contribution in [2.75, 3.05) is 5.75 Å². The molecule has 2 aromatic rings. The number of aryl methyl sites for hydroxylation is 1. The molecule has 1 N–H and O–H groups in total. The van der Waals surface area contributed by atoms with Crippen molar-refractivity contribution in [3.05, 3.63) is 58.1 Å². The lowest BCUT2D eigenvalue weighted by Crippen LogP contribution is -2.40. The molecule has 7 heteroatoms. The number of benzene rings is 2. The average molecular weight is 438 g/mol. The number of rotatable bonds is 4. The summed E-state index contributed by atoms with van der Waals surface area (Å²) in [4.78, 5) is 12.9. The van der Waals surface area contributed by atoms with Crippen molar-refractivity contribution in [3.63, 3.8) is 0 Å². The van der Waals surface area contributed by atoms with E-state index < -0.39 is 15.9 Å². The molecule has 0 bridgehead atoms. The molecule has 0 aliphatic carbocycles. The molecule has 1 amide bonds. The quantitative estimate of drug-likeness (QED) is 0.793. The Balaban J connectivity index is 1.74. The van der Waals surface area contributed by atoms with Crippen LogP contribution in [0.4, 0.5) is 0 Å². The smallest absolute Gasteiger partial charge is 0.261 e. The predicted molar refractivity (Wildman–Crippen MR) is 103 cm³/mol. The van der Waals surface area contributed by atoms with Crippen LogP contribution in [0.2, 0.25) is 0 Å². The van der Waals surface area contributed by atoms with Crippen LogP contribution in [0.1, 0.15) is 30.5 Å². The van der Waals surface area contributed by atoms with Crippen molar-refractivity contribution < 1.29 is 17.9 Å². The van der Waals surface area contributed by atoms with Gasteiger partial charge in [-0.2, -0.15) is 0 Å². The van der Waals surface area contributed by atoms with Crippen LogP contribution >= 0.6 is 15.9 Å². The minimum atomic E-state index is -3.28. The minimum absolute atomic E-state index is 0.0215. The Bertz CT molecular complexity index is 942. The Labute approximate surface area is 161 Å². The molecule has 26 heavy (non-hydrogen) atoms. The first-order valence-electron chi connectivity index (χ1n) is 8.33. The number of carbonyl (C=O) groups excluding carboxylic acids is 1. The van der Waals surface area contributed by atoms with Gasteiger partial charge in [-0.3, -0.25) is 4.79 Å². The van der Waals surface area contributed by atoms with E-state index in [-0.39, 0.29) is 17.7 Å². The van der Waals surface area contributed by atoms with E-state index in [1.807, 2.05) is 25.1 Å². The summed E-state index contributed by atoms with van der Waals surface area (Å²) in [5.74, 6) is 0.328. The lowest BCUT2D eigenvalue weighted by Gasteiger charge is -2.27. The Hall–Kier alpha value is -1.86. The number of sulfone groups is 1. The van der Waals surface area contributed by atoms with Crippen LogP contribution in [0.15, 0.2) is 51.8 Å². The van der Waals surface area contributed by atoms with Gasteiger partial charge < -0.3 is 10.1 Å². The summed E-state index contributed by atoms with van der Waals surface area (Å²) in [7, 11) is -3.28. The molecule has 0 saturated heterocycles. The van der Waals surface area contributed by atoms with E-state index in [0.29, 0.717) is 22.6 Å². The van der Waals surface area contributed by atoms with Crippen molar-refractivity contribution in [2.24, 2.45) is 0 Å². The second-order valence-electron chi connectivity index (χ2n) is 6.40. The number of nitrogens with one attached hydrogen (secondary N) is 1. The Morgan fingerprint density at radius 2 is 2.00 bits per heavy atom. The number of hydrogen-bond donors (Lipinski definition) is 1. The number of hydrogen-bond acceptors (Lipinski definition) is 4. The van der Waals surface area contributed by atoms with Gasteiger partial charge in [-0.1, -0.05) is 24.3 Å². The predicted octanol–water partition coefficient (Wildman–Crippen LogP) is 3.56. The van der Waals surface area contributed by atoms with Crippen LogP contribution in [0, 0.1) is 6.92 Å². The molecule has 1 heterocycles. The number of halogens is 1. The summed E-state index contributed by atoms with van der Waals surface area (Å²) in [6, 6.07) is 12.1. The highest BCUT2D eigenvalue weighted by molar-refractivity contribution is 9.10. The van der Waals surface area contributed by atoms with Crippen molar-refractivity contribution in [2.45, 2.75) is 37.3 Å². The van der Waals surface area contributed by atoms with Crippen LogP contribution in [0.3, 0.4) is 0 Å². The van der Waals surface area contributed by atoms with Gasteiger partial charge >= 0.3 is 0 Å². The molecule has 2 unspecified atom stereocenters. The number of ether oxygens (including phenoxy) is 1. The summed E-state index contributed by atoms with van der Waals surface area (Å²) in [6.07, 6.45) is -0.355. The average Bonchev–Trinajstić information content (AvgIpc) is 2.60. The molecule has 0 saturated carbocycles. The lowest BCUT2D eigenvalue weighted by molar-refractivity contribution is -0.128. The SMILES string of the molecule is Cc1ccc(OC(C)C(=O)NC2CCS(=O)(=O)c3ccccc32)c(Br)c1. The minimum Gasteiger partial charge on any atom is -0.480 e. The molecule has 138 valence electrons. The standard InChI is InChI=1S/C19H20BrNO4S/c1-12-7-8-17(15(20)11-12)25-13(2)19(22)21-16-9-10-26(23,24)18-6-4-3-5-14(16)18/h3-8,11,13,16H,9-10H2,1-2H3,(H,21,22). The van der Waals surface area contributed by atoms with E-state index in [1.54, 1.807) is 31.2 Å². The third-order valence-electron chi connectivity index (χ3n) is 4.38. The van der Waals surface area contributed by atoms with Gasteiger partial charge in [0.15, 0.2) is 15.9 Å². The van der Waals surface area contributed by atoms with E-state index in [2.05, 4.69) is 21.2 Å². The van der Waals surface area contributed by atoms with E-state index >= 15 is 0 Å². The fraction of sp³-hybridized carbons (Fsp3) is 0.316. The maximum absolute atomic E-state index is 12.6. The third kappa shape index (κ3) is 3.94. The summed E-state index contributed by atoms with van der Waals surface area (Å²) >= 11 is 3.43. The largest absolute Gasteiger partial charge is 0.480 e. The summed E-state index contributed by atoms with van der Waals surface area (Å²) in [5, 5.41) is 2.92. The van der Waals surface area contributed by atoms with Gasteiger partial charge in [0.05, 0.1) is 21.2 Å². The molecule has 2 aromatic carbocycles. The first-order chi connectivity index (χ1) is 12.3. The Morgan fingerprint density at radius 1 is 1.27 bits per heavy atom. The van der Waals surface area contributed by atoms with Gasteiger partial charge in [-0.25, -0.2) is 8.42 Å². The summed E-state index contributed by atoms with van der Waals surface area (Å²) in [5.41, 5.74) is 1.72. The van der Waals surface area contributed by atoms with E-state index in [9.17, 15) is 13.2 Å². The topological polar surface area (TPSA) is 72.5 Å². The van der Waals surface area contributed by atoms with E-state index in [0.717, 1.165) is 10.0 Å². The molecular formula is C19H20BrNO4S. The third-order valence-corrected chi connectivity index (χ3v) is 6.82. The zero-order valence-electron chi connectivity index (χ0n) is 14.5. The van der Waals surface area contributed by atoms with Gasteiger partial charge in [0.2, 0.25) is 0 Å². The van der Waals surface area contributed by atoms with Crippen LogP contribution in [0.5, 0.6) is 5.75 Å². The van der Waals surface area contributed by atoms with E-state index in [1.165, 1.54) is 0 Å². The maximum Gasteiger partial charge on any atom is 0.261 e. The number of fused-ring (bicyclic) bond motifs is 1. The molecule has 3 rings (SSSR count). The first kappa shape index (κ1) is 18.9. The van der Waals surface area contributed by atoms with Crippen molar-refractivity contribution in [1.82, 2.24) is 5.32 Å².